The van der Waals surface area contributed by atoms with Crippen molar-refractivity contribution in [2.24, 2.45) is 5.41 Å². The van der Waals surface area contributed by atoms with Gasteiger partial charge in [0.2, 0.25) is 5.88 Å². The molecule has 0 N–H and O–H groups in total. The van der Waals surface area contributed by atoms with Crippen LogP contribution in [0.2, 0.25) is 0 Å². The molecule has 2 saturated heterocycles. The lowest BCUT2D eigenvalue weighted by molar-refractivity contribution is -0.0438. The predicted molar refractivity (Wildman–Crippen MR) is 85.1 cm³/mol. The molecule has 0 bridgehead atoms. The molecule has 2 aliphatic heterocycles. The van der Waals surface area contributed by atoms with Crippen LogP contribution in [0.4, 0.5) is 4.39 Å². The second kappa shape index (κ2) is 6.53. The van der Waals surface area contributed by atoms with Crippen molar-refractivity contribution in [1.29, 1.82) is 0 Å². The molecule has 0 unspecified atom stereocenters. The van der Waals surface area contributed by atoms with Gasteiger partial charge in [-0.3, -0.25) is 4.90 Å². The van der Waals surface area contributed by atoms with E-state index in [-0.39, 0.29) is 17.4 Å². The Kier molecular flexibility index (Phi) is 4.24. The minimum atomic E-state index is -0.424. The molecule has 2 atom stereocenters. The number of fused-ring (bicyclic) bond motifs is 1. The van der Waals surface area contributed by atoms with Crippen LogP contribution < -0.4 is 4.74 Å². The lowest BCUT2D eigenvalue weighted by Crippen LogP contribution is -2.52. The standard InChI is InChI=1S/C18H21FN2O3/c19-15-4-1-7-20-17(15)24-13-18-6-10-23-16(18)5-8-21(12-18)11-14-3-2-9-22-14/h1-4,7,9,16H,5-6,8,10-13H2/t16-,18+/m1/s1. The van der Waals surface area contributed by atoms with E-state index < -0.39 is 5.82 Å². The average molecular weight is 332 g/mol. The molecule has 0 saturated carbocycles. The zero-order chi connectivity index (χ0) is 16.4. The number of hydrogen-bond donors (Lipinski definition) is 0. The van der Waals surface area contributed by atoms with Gasteiger partial charge in [0.25, 0.3) is 0 Å². The maximum absolute atomic E-state index is 13.8. The molecule has 0 aromatic carbocycles. The molecule has 2 aromatic rings. The number of furan rings is 1. The van der Waals surface area contributed by atoms with Gasteiger partial charge >= 0.3 is 0 Å². The van der Waals surface area contributed by atoms with Gasteiger partial charge in [0.05, 0.1) is 25.5 Å². The molecule has 2 aliphatic rings. The van der Waals surface area contributed by atoms with E-state index in [4.69, 9.17) is 13.9 Å². The van der Waals surface area contributed by atoms with E-state index in [1.165, 1.54) is 6.07 Å². The third kappa shape index (κ3) is 3.03. The molecule has 0 radical (unpaired) electrons. The van der Waals surface area contributed by atoms with Crippen molar-refractivity contribution in [2.75, 3.05) is 26.3 Å². The molecule has 6 heteroatoms. The van der Waals surface area contributed by atoms with Crippen LogP contribution in [0.3, 0.4) is 0 Å². The van der Waals surface area contributed by atoms with E-state index in [0.717, 1.165) is 44.8 Å². The van der Waals surface area contributed by atoms with E-state index in [2.05, 4.69) is 9.88 Å². The Morgan fingerprint density at radius 2 is 2.33 bits per heavy atom. The monoisotopic (exact) mass is 332 g/mol. The number of piperidine rings is 1. The van der Waals surface area contributed by atoms with Crippen LogP contribution in [0.1, 0.15) is 18.6 Å². The highest BCUT2D eigenvalue weighted by Gasteiger charge is 2.48. The van der Waals surface area contributed by atoms with Crippen molar-refractivity contribution in [3.05, 3.63) is 48.3 Å². The summed E-state index contributed by atoms with van der Waals surface area (Å²) in [7, 11) is 0. The smallest absolute Gasteiger partial charge is 0.250 e. The van der Waals surface area contributed by atoms with Crippen molar-refractivity contribution >= 4 is 0 Å². The third-order valence-corrected chi connectivity index (χ3v) is 5.03. The van der Waals surface area contributed by atoms with Crippen LogP contribution in [0.5, 0.6) is 5.88 Å². The first-order chi connectivity index (χ1) is 11.8. The minimum Gasteiger partial charge on any atom is -0.475 e. The first-order valence-electron chi connectivity index (χ1n) is 8.35. The molecule has 2 fully saturated rings. The second-order valence-corrected chi connectivity index (χ2v) is 6.63. The highest BCUT2D eigenvalue weighted by molar-refractivity contribution is 5.13. The molecule has 4 heterocycles. The summed E-state index contributed by atoms with van der Waals surface area (Å²) >= 11 is 0. The molecule has 2 aromatic heterocycles. The molecule has 0 amide bonds. The highest BCUT2D eigenvalue weighted by atomic mass is 19.1. The third-order valence-electron chi connectivity index (χ3n) is 5.03. The highest BCUT2D eigenvalue weighted by Crippen LogP contribution is 2.41. The van der Waals surface area contributed by atoms with E-state index in [1.54, 1.807) is 18.5 Å². The van der Waals surface area contributed by atoms with E-state index >= 15 is 0 Å². The summed E-state index contributed by atoms with van der Waals surface area (Å²) in [5, 5.41) is 0. The van der Waals surface area contributed by atoms with Gasteiger partial charge < -0.3 is 13.9 Å². The number of hydrogen-bond acceptors (Lipinski definition) is 5. The largest absolute Gasteiger partial charge is 0.475 e. The fourth-order valence-corrected chi connectivity index (χ4v) is 3.79. The van der Waals surface area contributed by atoms with Gasteiger partial charge in [0.15, 0.2) is 5.82 Å². The van der Waals surface area contributed by atoms with Crippen LogP contribution in [-0.2, 0) is 11.3 Å². The van der Waals surface area contributed by atoms with Gasteiger partial charge in [0.1, 0.15) is 5.76 Å². The van der Waals surface area contributed by atoms with Crippen molar-refractivity contribution in [3.63, 3.8) is 0 Å². The first-order valence-corrected chi connectivity index (χ1v) is 8.35. The summed E-state index contributed by atoms with van der Waals surface area (Å²) in [6.07, 6.45) is 5.28. The van der Waals surface area contributed by atoms with E-state index in [0.29, 0.717) is 6.61 Å². The number of rotatable bonds is 5. The topological polar surface area (TPSA) is 47.7 Å². The van der Waals surface area contributed by atoms with E-state index in [9.17, 15) is 4.39 Å². The molecular formula is C18H21FN2O3. The Labute approximate surface area is 140 Å². The quantitative estimate of drug-likeness (QED) is 0.842. The zero-order valence-electron chi connectivity index (χ0n) is 13.5. The maximum atomic E-state index is 13.8. The summed E-state index contributed by atoms with van der Waals surface area (Å²) in [5.41, 5.74) is -0.116. The Morgan fingerprint density at radius 1 is 1.38 bits per heavy atom. The molecule has 128 valence electrons. The molecule has 24 heavy (non-hydrogen) atoms. The van der Waals surface area contributed by atoms with Crippen molar-refractivity contribution < 1.29 is 18.3 Å². The number of likely N-dealkylation sites (tertiary alicyclic amines) is 1. The van der Waals surface area contributed by atoms with Gasteiger partial charge in [-0.1, -0.05) is 0 Å². The van der Waals surface area contributed by atoms with Gasteiger partial charge in [0, 0.05) is 31.3 Å². The molecule has 4 rings (SSSR count). The van der Waals surface area contributed by atoms with Gasteiger partial charge in [-0.2, -0.15) is 0 Å². The molecule has 0 aliphatic carbocycles. The fraction of sp³-hybridized carbons (Fsp3) is 0.500. The zero-order valence-corrected chi connectivity index (χ0v) is 13.5. The first kappa shape index (κ1) is 15.6. The summed E-state index contributed by atoms with van der Waals surface area (Å²) in [4.78, 5) is 6.35. The number of ether oxygens (including phenoxy) is 2. The van der Waals surface area contributed by atoms with Crippen molar-refractivity contribution in [3.8, 4) is 5.88 Å². The minimum absolute atomic E-state index is 0.0701. The Bertz CT molecular complexity index is 679. The molecular weight excluding hydrogens is 311 g/mol. The average Bonchev–Trinajstić information content (AvgIpc) is 3.23. The lowest BCUT2D eigenvalue weighted by Gasteiger charge is -2.43. The maximum Gasteiger partial charge on any atom is 0.250 e. The number of halogens is 1. The molecule has 5 nitrogen and oxygen atoms in total. The van der Waals surface area contributed by atoms with Gasteiger partial charge in [-0.25, -0.2) is 9.37 Å². The summed E-state index contributed by atoms with van der Waals surface area (Å²) in [6.45, 7) is 3.74. The Morgan fingerprint density at radius 3 is 3.17 bits per heavy atom. The SMILES string of the molecule is Fc1cccnc1OC[C@@]12CCO[C@@H]1CCN(Cc1ccco1)C2. The summed E-state index contributed by atoms with van der Waals surface area (Å²) in [6, 6.07) is 6.83. The fourth-order valence-electron chi connectivity index (χ4n) is 3.79. The van der Waals surface area contributed by atoms with Crippen LogP contribution in [0, 0.1) is 11.2 Å². The summed E-state index contributed by atoms with van der Waals surface area (Å²) < 4.78 is 30.9. The van der Waals surface area contributed by atoms with Crippen molar-refractivity contribution in [2.45, 2.75) is 25.5 Å². The van der Waals surface area contributed by atoms with E-state index in [1.807, 2.05) is 12.1 Å². The van der Waals surface area contributed by atoms with Gasteiger partial charge in [-0.15, -0.1) is 0 Å². The normalized spacial score (nSPS) is 27.1. The van der Waals surface area contributed by atoms with Crippen LogP contribution in [-0.4, -0.2) is 42.3 Å². The Hall–Kier alpha value is -1.92. The summed E-state index contributed by atoms with van der Waals surface area (Å²) in [5.74, 6) is 0.604. The van der Waals surface area contributed by atoms with Crippen molar-refractivity contribution in [1.82, 2.24) is 9.88 Å². The number of aromatic nitrogens is 1. The predicted octanol–water partition coefficient (Wildman–Crippen LogP) is 2.87. The molecule has 0 spiro atoms. The van der Waals surface area contributed by atoms with Crippen LogP contribution >= 0.6 is 0 Å². The number of pyridine rings is 1. The Balaban J connectivity index is 1.46. The number of nitrogens with zero attached hydrogens (tertiary/aromatic N) is 2. The lowest BCUT2D eigenvalue weighted by atomic mass is 9.77. The van der Waals surface area contributed by atoms with Crippen LogP contribution in [0.15, 0.2) is 41.1 Å². The second-order valence-electron chi connectivity index (χ2n) is 6.63. The van der Waals surface area contributed by atoms with Crippen LogP contribution in [0.25, 0.3) is 0 Å². The van der Waals surface area contributed by atoms with Gasteiger partial charge in [-0.05, 0) is 37.1 Å².